The van der Waals surface area contributed by atoms with Gasteiger partial charge in [-0.3, -0.25) is 0 Å². The fraction of sp³-hybridized carbons (Fsp3) is 0.00893. The van der Waals surface area contributed by atoms with E-state index in [1.807, 2.05) is 0 Å². The van der Waals surface area contributed by atoms with E-state index >= 15 is 0 Å². The Kier molecular flexibility index (Phi) is 17.2. The van der Waals surface area contributed by atoms with Crippen LogP contribution in [-0.2, 0) is 5.41 Å². The lowest BCUT2D eigenvalue weighted by atomic mass is 9.70. The molecular formula is C112H73N3. The minimum atomic E-state index is -0.397. The van der Waals surface area contributed by atoms with Gasteiger partial charge in [-0.1, -0.05) is 376 Å². The quantitative estimate of drug-likeness (QED) is 0.103. The Morgan fingerprint density at radius 3 is 0.565 bits per heavy atom. The molecule has 0 bridgehead atoms. The van der Waals surface area contributed by atoms with Crippen molar-refractivity contribution in [3.8, 4) is 190 Å². The summed E-state index contributed by atoms with van der Waals surface area (Å²) in [5, 5.41) is 0. The molecule has 0 amide bonds. The fourth-order valence-corrected chi connectivity index (χ4v) is 17.7. The Morgan fingerprint density at radius 2 is 0.287 bits per heavy atom. The van der Waals surface area contributed by atoms with Gasteiger partial charge in [-0.15, -0.1) is 0 Å². The van der Waals surface area contributed by atoms with Gasteiger partial charge in [-0.05, 0) is 245 Å². The van der Waals surface area contributed by atoms with Crippen molar-refractivity contribution in [2.45, 2.75) is 5.41 Å². The normalized spacial score (nSPS) is 12.1. The van der Waals surface area contributed by atoms with Crippen LogP contribution in [0.3, 0.4) is 0 Å². The van der Waals surface area contributed by atoms with Gasteiger partial charge in [0.1, 0.15) is 0 Å². The summed E-state index contributed by atoms with van der Waals surface area (Å²) in [6.07, 6.45) is 0. The Bertz CT molecular complexity index is 6700. The molecule has 0 saturated heterocycles. The van der Waals surface area contributed by atoms with E-state index < -0.39 is 5.41 Å². The smallest absolute Gasteiger partial charge is 0.164 e. The van der Waals surface area contributed by atoms with Gasteiger partial charge in [0, 0.05) is 16.7 Å². The van der Waals surface area contributed by atoms with Crippen molar-refractivity contribution >= 4 is 0 Å². The molecule has 2 aliphatic carbocycles. The zero-order valence-electron chi connectivity index (χ0n) is 63.0. The number of fused-ring (bicyclic) bond motifs is 10. The highest BCUT2D eigenvalue weighted by Crippen LogP contribution is 2.63. The van der Waals surface area contributed by atoms with Gasteiger partial charge in [0.2, 0.25) is 0 Å². The molecule has 0 saturated carbocycles. The largest absolute Gasteiger partial charge is 0.208 e. The van der Waals surface area contributed by atoms with Gasteiger partial charge in [0.15, 0.2) is 17.5 Å². The average Bonchev–Trinajstić information content (AvgIpc) is 1.51. The van der Waals surface area contributed by atoms with E-state index in [-0.39, 0.29) is 0 Å². The standard InChI is InChI=1S/C112H73N3/c1-3-23-74(24-4-1)80-27-13-31-84(63-80)86-33-15-29-82(65-86)76-53-57-78(58-54-76)109-113-110(79-59-55-77(56-60-79)83-30-16-34-87(66-83)85-32-14-28-81(64-85)75-25-5-2-6-26-75)115-111(114-109)100-46-22-45-98(72-100)96-43-20-41-94(70-96)92-39-18-37-90(68-92)88-35-17-36-89(67-88)91-38-19-40-93(69-91)95-42-21-44-97(71-95)99-61-62-104-103-49-9-12-52-107(103)112(108(104)73-99)105-50-10-7-47-101(105)102-48-8-11-51-106(102)112/h1-73H. The van der Waals surface area contributed by atoms with Gasteiger partial charge < -0.3 is 0 Å². The topological polar surface area (TPSA) is 38.7 Å². The van der Waals surface area contributed by atoms with Gasteiger partial charge >= 0.3 is 0 Å². The molecule has 3 nitrogen and oxygen atoms in total. The van der Waals surface area contributed by atoms with Crippen molar-refractivity contribution in [1.82, 2.24) is 15.0 Å². The van der Waals surface area contributed by atoms with Crippen LogP contribution in [0.4, 0.5) is 0 Å². The number of benzene rings is 18. The second kappa shape index (κ2) is 29.0. The first-order valence-corrected chi connectivity index (χ1v) is 39.5. The van der Waals surface area contributed by atoms with E-state index in [0.29, 0.717) is 17.5 Å². The molecule has 1 spiro atoms. The van der Waals surface area contributed by atoms with Crippen LogP contribution >= 0.6 is 0 Å². The van der Waals surface area contributed by atoms with Crippen LogP contribution in [0.15, 0.2) is 443 Å². The summed E-state index contributed by atoms with van der Waals surface area (Å²) in [5.41, 5.74) is 40.6. The SMILES string of the molecule is c1ccc(-c2cccc(-c3cccc(-c4ccc(-c5nc(-c6ccc(-c7cccc(-c8cccc(-c9ccccc9)c8)c7)cc6)nc(-c6cccc(-c7cccc(-c8cccc(-c9cccc(-c%10cccc(-c%11cccc(-c%12ccc%13c(c%12)C%12(c%14ccccc%14-c%14ccccc%14%12)c%12ccccc%12-%13)c%11)c%10)c9)c8)c7)c6)n5)cc4)c3)c2)cc1. The van der Waals surface area contributed by atoms with Crippen molar-refractivity contribution in [2.75, 3.05) is 0 Å². The highest BCUT2D eigenvalue weighted by atomic mass is 15.0. The Morgan fingerprint density at radius 1 is 0.113 bits per heavy atom. The fourth-order valence-electron chi connectivity index (χ4n) is 17.7. The highest BCUT2D eigenvalue weighted by molar-refractivity contribution is 5.97. The van der Waals surface area contributed by atoms with E-state index in [1.165, 1.54) is 106 Å². The summed E-state index contributed by atoms with van der Waals surface area (Å²) in [6, 6.07) is 161. The summed E-state index contributed by atoms with van der Waals surface area (Å²) in [5.74, 6) is 1.77. The van der Waals surface area contributed by atoms with Crippen LogP contribution in [0.1, 0.15) is 22.3 Å². The lowest BCUT2D eigenvalue weighted by Gasteiger charge is -2.30. The molecule has 1 heterocycles. The van der Waals surface area contributed by atoms with E-state index in [0.717, 1.165) is 89.0 Å². The van der Waals surface area contributed by atoms with Gasteiger partial charge in [0.05, 0.1) is 5.41 Å². The van der Waals surface area contributed by atoms with E-state index in [2.05, 4.69) is 443 Å². The first kappa shape index (κ1) is 68.0. The maximum atomic E-state index is 5.32. The maximum Gasteiger partial charge on any atom is 0.164 e. The second-order valence-corrected chi connectivity index (χ2v) is 30.1. The zero-order valence-corrected chi connectivity index (χ0v) is 63.0. The predicted molar refractivity (Wildman–Crippen MR) is 478 cm³/mol. The molecule has 0 N–H and O–H groups in total. The second-order valence-electron chi connectivity index (χ2n) is 30.1. The number of aromatic nitrogens is 3. The zero-order chi connectivity index (χ0) is 76.2. The summed E-state index contributed by atoms with van der Waals surface area (Å²) in [4.78, 5) is 15.9. The van der Waals surface area contributed by atoms with Gasteiger partial charge in [0.25, 0.3) is 0 Å². The molecule has 0 aliphatic heterocycles. The number of hydrogen-bond acceptors (Lipinski definition) is 3. The lowest BCUT2D eigenvalue weighted by Crippen LogP contribution is -2.25. The maximum absolute atomic E-state index is 5.32. The Hall–Kier alpha value is -15.0. The number of hydrogen-bond donors (Lipinski definition) is 0. The molecule has 21 rings (SSSR count). The minimum Gasteiger partial charge on any atom is -0.208 e. The molecule has 115 heavy (non-hydrogen) atoms. The predicted octanol–water partition coefficient (Wildman–Crippen LogP) is 29.2. The van der Waals surface area contributed by atoms with Crippen LogP contribution in [0, 0.1) is 0 Å². The van der Waals surface area contributed by atoms with E-state index in [1.54, 1.807) is 0 Å². The first-order valence-electron chi connectivity index (χ1n) is 39.5. The van der Waals surface area contributed by atoms with Crippen LogP contribution < -0.4 is 0 Å². The van der Waals surface area contributed by atoms with Crippen LogP contribution in [0.5, 0.6) is 0 Å². The van der Waals surface area contributed by atoms with Crippen molar-refractivity contribution in [3.63, 3.8) is 0 Å². The van der Waals surface area contributed by atoms with Gasteiger partial charge in [-0.2, -0.15) is 0 Å². The van der Waals surface area contributed by atoms with Crippen molar-refractivity contribution < 1.29 is 0 Å². The molecule has 0 atom stereocenters. The van der Waals surface area contributed by atoms with Crippen LogP contribution in [0.2, 0.25) is 0 Å². The molecule has 0 unspecified atom stereocenters. The molecular weight excluding hydrogens is 1390 g/mol. The average molecular weight is 1460 g/mol. The van der Waals surface area contributed by atoms with Gasteiger partial charge in [-0.25, -0.2) is 15.0 Å². The number of rotatable bonds is 15. The Labute approximate surface area is 670 Å². The van der Waals surface area contributed by atoms with Crippen LogP contribution in [0.25, 0.3) is 190 Å². The number of nitrogens with zero attached hydrogens (tertiary/aromatic N) is 3. The minimum absolute atomic E-state index is 0.397. The molecule has 2 aliphatic rings. The van der Waals surface area contributed by atoms with Crippen LogP contribution in [-0.4, -0.2) is 15.0 Å². The highest BCUT2D eigenvalue weighted by Gasteiger charge is 2.51. The molecule has 1 aromatic heterocycles. The monoisotopic (exact) mass is 1460 g/mol. The summed E-state index contributed by atoms with van der Waals surface area (Å²) in [6.45, 7) is 0. The van der Waals surface area contributed by atoms with Crippen molar-refractivity contribution in [1.29, 1.82) is 0 Å². The van der Waals surface area contributed by atoms with Crippen molar-refractivity contribution in [2.24, 2.45) is 0 Å². The summed E-state index contributed by atoms with van der Waals surface area (Å²) < 4.78 is 0. The van der Waals surface area contributed by atoms with E-state index in [4.69, 9.17) is 15.0 Å². The van der Waals surface area contributed by atoms with E-state index in [9.17, 15) is 0 Å². The summed E-state index contributed by atoms with van der Waals surface area (Å²) >= 11 is 0. The first-order chi connectivity index (χ1) is 56.9. The molecule has 0 radical (unpaired) electrons. The molecule has 18 aromatic carbocycles. The molecule has 19 aromatic rings. The summed E-state index contributed by atoms with van der Waals surface area (Å²) in [7, 11) is 0. The molecule has 0 fully saturated rings. The third-order valence-corrected chi connectivity index (χ3v) is 23.4. The van der Waals surface area contributed by atoms with Crippen molar-refractivity contribution in [3.05, 3.63) is 465 Å². The third-order valence-electron chi connectivity index (χ3n) is 23.4. The lowest BCUT2D eigenvalue weighted by molar-refractivity contribution is 0.794. The molecule has 536 valence electrons. The Balaban J connectivity index is 0.567. The molecule has 3 heteroatoms. The third kappa shape index (κ3) is 12.7.